The van der Waals surface area contributed by atoms with Crippen molar-refractivity contribution in [3.8, 4) is 0 Å². The van der Waals surface area contributed by atoms with Gasteiger partial charge in [0.1, 0.15) is 0 Å². The number of rotatable bonds is 5. The van der Waals surface area contributed by atoms with Gasteiger partial charge in [0.2, 0.25) is 0 Å². The van der Waals surface area contributed by atoms with Gasteiger partial charge in [-0.1, -0.05) is 47.5 Å². The molecular formula is C17H18O3S. The van der Waals surface area contributed by atoms with Crippen LogP contribution in [0.15, 0.2) is 42.5 Å². The summed E-state index contributed by atoms with van der Waals surface area (Å²) in [6.45, 7) is 4.03. The summed E-state index contributed by atoms with van der Waals surface area (Å²) in [6.07, 6.45) is 0. The fourth-order valence-electron chi connectivity index (χ4n) is 2.42. The van der Waals surface area contributed by atoms with Crippen LogP contribution >= 0.6 is 0 Å². The standard InChI is InChI=1S/C17H18O3S/c1-12-7-13(2)9-14(8-12)10-21(20)11-15-5-3-4-6-16(15)17(18)19/h3-9H,10-11H2,1-2H3,(H,18,19). The molecule has 0 aliphatic heterocycles. The summed E-state index contributed by atoms with van der Waals surface area (Å²) in [6, 6.07) is 12.8. The van der Waals surface area contributed by atoms with Gasteiger partial charge in [-0.05, 0) is 31.0 Å². The number of carbonyl (C=O) groups is 1. The highest BCUT2D eigenvalue weighted by atomic mass is 32.2. The Bertz CT molecular complexity index is 672. The van der Waals surface area contributed by atoms with Gasteiger partial charge in [0.05, 0.1) is 5.56 Å². The van der Waals surface area contributed by atoms with Crippen molar-refractivity contribution in [2.24, 2.45) is 0 Å². The van der Waals surface area contributed by atoms with Gasteiger partial charge in [-0.3, -0.25) is 4.21 Å². The molecule has 4 heteroatoms. The lowest BCUT2D eigenvalue weighted by Gasteiger charge is -2.08. The molecule has 0 saturated heterocycles. The van der Waals surface area contributed by atoms with Crippen LogP contribution in [0.1, 0.15) is 32.6 Å². The summed E-state index contributed by atoms with van der Waals surface area (Å²) in [4.78, 5) is 11.2. The molecule has 0 aromatic heterocycles. The zero-order valence-corrected chi connectivity index (χ0v) is 12.9. The molecule has 0 aliphatic rings. The van der Waals surface area contributed by atoms with E-state index in [1.54, 1.807) is 24.3 Å². The molecule has 0 saturated carbocycles. The van der Waals surface area contributed by atoms with Crippen LogP contribution in [0.3, 0.4) is 0 Å². The minimum Gasteiger partial charge on any atom is -0.478 e. The predicted molar refractivity (Wildman–Crippen MR) is 84.9 cm³/mol. The fourth-order valence-corrected chi connectivity index (χ4v) is 3.66. The highest BCUT2D eigenvalue weighted by Crippen LogP contribution is 2.15. The van der Waals surface area contributed by atoms with Crippen LogP contribution in [-0.2, 0) is 22.3 Å². The van der Waals surface area contributed by atoms with Crippen LogP contribution in [0.25, 0.3) is 0 Å². The Morgan fingerprint density at radius 3 is 2.29 bits per heavy atom. The lowest BCUT2D eigenvalue weighted by molar-refractivity contribution is 0.0696. The first-order chi connectivity index (χ1) is 9.95. The number of hydrogen-bond acceptors (Lipinski definition) is 2. The topological polar surface area (TPSA) is 54.4 Å². The Balaban J connectivity index is 2.14. The molecule has 0 amide bonds. The molecule has 0 radical (unpaired) electrons. The van der Waals surface area contributed by atoms with Crippen LogP contribution in [-0.4, -0.2) is 15.3 Å². The van der Waals surface area contributed by atoms with Crippen molar-refractivity contribution in [2.45, 2.75) is 25.4 Å². The number of benzene rings is 2. The zero-order valence-electron chi connectivity index (χ0n) is 12.1. The second kappa shape index (κ2) is 6.68. The highest BCUT2D eigenvalue weighted by molar-refractivity contribution is 7.83. The third-order valence-electron chi connectivity index (χ3n) is 3.17. The second-order valence-electron chi connectivity index (χ2n) is 5.19. The van der Waals surface area contributed by atoms with Crippen LogP contribution in [0.2, 0.25) is 0 Å². The lowest BCUT2D eigenvalue weighted by atomic mass is 10.1. The van der Waals surface area contributed by atoms with Gasteiger partial charge in [-0.15, -0.1) is 0 Å². The van der Waals surface area contributed by atoms with E-state index in [2.05, 4.69) is 6.07 Å². The molecule has 2 rings (SSSR count). The first-order valence-electron chi connectivity index (χ1n) is 6.69. The van der Waals surface area contributed by atoms with Gasteiger partial charge < -0.3 is 5.11 Å². The van der Waals surface area contributed by atoms with E-state index in [0.717, 1.165) is 16.7 Å². The molecule has 0 aliphatic carbocycles. The van der Waals surface area contributed by atoms with Gasteiger partial charge in [-0.2, -0.15) is 0 Å². The molecule has 0 fully saturated rings. The summed E-state index contributed by atoms with van der Waals surface area (Å²) >= 11 is 0. The first kappa shape index (κ1) is 15.4. The van der Waals surface area contributed by atoms with E-state index in [0.29, 0.717) is 11.3 Å². The minimum absolute atomic E-state index is 0.228. The average molecular weight is 302 g/mol. The summed E-state index contributed by atoms with van der Waals surface area (Å²) in [5.41, 5.74) is 4.17. The van der Waals surface area contributed by atoms with E-state index in [-0.39, 0.29) is 11.3 Å². The molecule has 3 nitrogen and oxygen atoms in total. The Kier molecular flexibility index (Phi) is 4.91. The molecule has 21 heavy (non-hydrogen) atoms. The van der Waals surface area contributed by atoms with E-state index in [1.807, 2.05) is 26.0 Å². The van der Waals surface area contributed by atoms with Gasteiger partial charge in [-0.25, -0.2) is 4.79 Å². The summed E-state index contributed by atoms with van der Waals surface area (Å²) < 4.78 is 12.3. The maximum atomic E-state index is 12.3. The molecular weight excluding hydrogens is 284 g/mol. The first-order valence-corrected chi connectivity index (χ1v) is 8.18. The Labute approximate surface area is 127 Å². The Morgan fingerprint density at radius 2 is 1.67 bits per heavy atom. The van der Waals surface area contributed by atoms with Crippen molar-refractivity contribution in [3.63, 3.8) is 0 Å². The fraction of sp³-hybridized carbons (Fsp3) is 0.235. The number of hydrogen-bond donors (Lipinski definition) is 1. The summed E-state index contributed by atoms with van der Waals surface area (Å²) in [5, 5.41) is 9.14. The van der Waals surface area contributed by atoms with Crippen molar-refractivity contribution in [1.29, 1.82) is 0 Å². The number of aromatic carboxylic acids is 1. The lowest BCUT2D eigenvalue weighted by Crippen LogP contribution is -2.06. The molecule has 1 atom stereocenters. The monoisotopic (exact) mass is 302 g/mol. The van der Waals surface area contributed by atoms with Gasteiger partial charge in [0, 0.05) is 22.3 Å². The largest absolute Gasteiger partial charge is 0.478 e. The van der Waals surface area contributed by atoms with Crippen LogP contribution in [0, 0.1) is 13.8 Å². The SMILES string of the molecule is Cc1cc(C)cc(CS(=O)Cc2ccccc2C(=O)O)c1. The third-order valence-corrected chi connectivity index (χ3v) is 4.46. The summed E-state index contributed by atoms with van der Waals surface area (Å²) in [5.74, 6) is -0.277. The van der Waals surface area contributed by atoms with Crippen LogP contribution in [0.5, 0.6) is 0 Å². The number of carboxylic acids is 1. The van der Waals surface area contributed by atoms with E-state index in [1.165, 1.54) is 0 Å². The molecule has 2 aromatic rings. The van der Waals surface area contributed by atoms with Gasteiger partial charge in [0.15, 0.2) is 0 Å². The number of carboxylic acid groups (broad SMARTS) is 1. The van der Waals surface area contributed by atoms with Gasteiger partial charge in [0.25, 0.3) is 0 Å². The van der Waals surface area contributed by atoms with Gasteiger partial charge >= 0.3 is 5.97 Å². The quantitative estimate of drug-likeness (QED) is 0.920. The third kappa shape index (κ3) is 4.26. The molecule has 0 spiro atoms. The Hall–Kier alpha value is -1.94. The predicted octanol–water partition coefficient (Wildman–Crippen LogP) is 3.45. The molecule has 1 unspecified atom stereocenters. The minimum atomic E-state index is -1.13. The normalized spacial score (nSPS) is 12.1. The maximum Gasteiger partial charge on any atom is 0.335 e. The number of aryl methyl sites for hydroxylation is 2. The van der Waals surface area contributed by atoms with Crippen molar-refractivity contribution < 1.29 is 14.1 Å². The zero-order chi connectivity index (χ0) is 15.4. The second-order valence-corrected chi connectivity index (χ2v) is 6.64. The maximum absolute atomic E-state index is 12.3. The molecule has 0 heterocycles. The van der Waals surface area contributed by atoms with Crippen LogP contribution < -0.4 is 0 Å². The van der Waals surface area contributed by atoms with Crippen LogP contribution in [0.4, 0.5) is 0 Å². The van der Waals surface area contributed by atoms with Crippen molar-refractivity contribution in [3.05, 3.63) is 70.3 Å². The van der Waals surface area contributed by atoms with Crippen molar-refractivity contribution >= 4 is 16.8 Å². The molecule has 1 N–H and O–H groups in total. The van der Waals surface area contributed by atoms with E-state index < -0.39 is 16.8 Å². The average Bonchev–Trinajstić information content (AvgIpc) is 2.37. The van der Waals surface area contributed by atoms with Crippen molar-refractivity contribution in [1.82, 2.24) is 0 Å². The smallest absolute Gasteiger partial charge is 0.335 e. The highest BCUT2D eigenvalue weighted by Gasteiger charge is 2.12. The summed E-state index contributed by atoms with van der Waals surface area (Å²) in [7, 11) is -1.13. The van der Waals surface area contributed by atoms with Crippen molar-refractivity contribution in [2.75, 3.05) is 0 Å². The van der Waals surface area contributed by atoms with E-state index >= 15 is 0 Å². The molecule has 110 valence electrons. The van der Waals surface area contributed by atoms with E-state index in [9.17, 15) is 9.00 Å². The molecule has 0 bridgehead atoms. The Morgan fingerprint density at radius 1 is 1.05 bits per heavy atom. The molecule has 2 aromatic carbocycles. The van der Waals surface area contributed by atoms with E-state index in [4.69, 9.17) is 5.11 Å².